The highest BCUT2D eigenvalue weighted by Crippen LogP contribution is 2.19. The van der Waals surface area contributed by atoms with Crippen LogP contribution in [0, 0.1) is 0 Å². The quantitative estimate of drug-likeness (QED) is 0.357. The average molecular weight is 451 g/mol. The molecular formula is C25H26N2O4S. The fourth-order valence-electron chi connectivity index (χ4n) is 3.10. The second-order valence-electron chi connectivity index (χ2n) is 6.93. The first-order valence-electron chi connectivity index (χ1n) is 10.2. The molecule has 0 aliphatic rings. The molecule has 3 rings (SSSR count). The molecular weight excluding hydrogens is 424 g/mol. The van der Waals surface area contributed by atoms with Crippen LogP contribution in [0.5, 0.6) is 11.5 Å². The molecule has 166 valence electrons. The van der Waals surface area contributed by atoms with Gasteiger partial charge in [0.2, 0.25) is 0 Å². The number of nitrogens with one attached hydrogen (secondary N) is 2. The number of amides is 2. The Balaban J connectivity index is 1.63. The Labute approximate surface area is 191 Å². The SMILES string of the molecule is COc1ccc(C(=O)N/C(=C\c2cccs2)C(=O)NCCCc2ccccc2OC)cc1. The van der Waals surface area contributed by atoms with E-state index in [-0.39, 0.29) is 17.5 Å². The number of carbonyl (C=O) groups is 2. The summed E-state index contributed by atoms with van der Waals surface area (Å²) < 4.78 is 10.5. The van der Waals surface area contributed by atoms with E-state index >= 15 is 0 Å². The summed E-state index contributed by atoms with van der Waals surface area (Å²) in [5.74, 6) is 0.799. The summed E-state index contributed by atoms with van der Waals surface area (Å²) in [5, 5.41) is 7.56. The van der Waals surface area contributed by atoms with Crippen LogP contribution in [0.25, 0.3) is 6.08 Å². The number of carbonyl (C=O) groups excluding carboxylic acids is 2. The number of hydrogen-bond acceptors (Lipinski definition) is 5. The first-order chi connectivity index (χ1) is 15.6. The minimum absolute atomic E-state index is 0.200. The highest BCUT2D eigenvalue weighted by Gasteiger charge is 2.15. The third kappa shape index (κ3) is 6.46. The molecule has 0 radical (unpaired) electrons. The second-order valence-corrected chi connectivity index (χ2v) is 7.91. The third-order valence-electron chi connectivity index (χ3n) is 4.78. The van der Waals surface area contributed by atoms with Gasteiger partial charge in [0, 0.05) is 17.0 Å². The van der Waals surface area contributed by atoms with Gasteiger partial charge in [0.15, 0.2) is 0 Å². The Hall–Kier alpha value is -3.58. The van der Waals surface area contributed by atoms with Crippen molar-refractivity contribution in [2.75, 3.05) is 20.8 Å². The van der Waals surface area contributed by atoms with Crippen LogP contribution in [-0.4, -0.2) is 32.6 Å². The summed E-state index contributed by atoms with van der Waals surface area (Å²) in [6.45, 7) is 0.469. The van der Waals surface area contributed by atoms with Crippen molar-refractivity contribution >= 4 is 29.2 Å². The molecule has 0 saturated carbocycles. The lowest BCUT2D eigenvalue weighted by Crippen LogP contribution is -2.35. The molecule has 0 saturated heterocycles. The van der Waals surface area contributed by atoms with E-state index < -0.39 is 0 Å². The van der Waals surface area contributed by atoms with Gasteiger partial charge in [-0.2, -0.15) is 0 Å². The molecule has 0 atom stereocenters. The Bertz CT molecular complexity index is 1060. The predicted octanol–water partition coefficient (Wildman–Crippen LogP) is 4.29. The van der Waals surface area contributed by atoms with Crippen molar-refractivity contribution in [2.24, 2.45) is 0 Å². The Morgan fingerprint density at radius 1 is 0.969 bits per heavy atom. The van der Waals surface area contributed by atoms with Crippen molar-refractivity contribution in [3.63, 3.8) is 0 Å². The van der Waals surface area contributed by atoms with E-state index in [4.69, 9.17) is 9.47 Å². The van der Waals surface area contributed by atoms with Gasteiger partial charge in [-0.15, -0.1) is 11.3 Å². The highest BCUT2D eigenvalue weighted by atomic mass is 32.1. The fraction of sp³-hybridized carbons (Fsp3) is 0.200. The standard InChI is InChI=1S/C25H26N2O4S/c1-30-20-13-11-19(12-14-20)24(28)27-22(17-21-9-6-16-32-21)25(29)26-15-5-8-18-7-3-4-10-23(18)31-2/h3-4,6-7,9-14,16-17H,5,8,15H2,1-2H3,(H,26,29)(H,27,28)/b22-17-. The second kappa shape index (κ2) is 11.7. The number of thiophene rings is 1. The van der Waals surface area contributed by atoms with Crippen molar-refractivity contribution in [3.8, 4) is 11.5 Å². The predicted molar refractivity (Wildman–Crippen MR) is 127 cm³/mol. The van der Waals surface area contributed by atoms with Crippen LogP contribution < -0.4 is 20.1 Å². The van der Waals surface area contributed by atoms with E-state index in [2.05, 4.69) is 10.6 Å². The number of ether oxygens (including phenoxy) is 2. The van der Waals surface area contributed by atoms with Crippen LogP contribution in [0.15, 0.2) is 71.7 Å². The molecule has 0 aliphatic heterocycles. The highest BCUT2D eigenvalue weighted by molar-refractivity contribution is 7.10. The minimum atomic E-state index is -0.361. The molecule has 0 fully saturated rings. The lowest BCUT2D eigenvalue weighted by atomic mass is 10.1. The summed E-state index contributed by atoms with van der Waals surface area (Å²) in [4.78, 5) is 26.4. The van der Waals surface area contributed by atoms with Crippen LogP contribution in [0.4, 0.5) is 0 Å². The van der Waals surface area contributed by atoms with E-state index in [1.54, 1.807) is 44.6 Å². The van der Waals surface area contributed by atoms with Crippen LogP contribution in [0.1, 0.15) is 27.2 Å². The molecule has 2 amide bonds. The molecule has 2 N–H and O–H groups in total. The smallest absolute Gasteiger partial charge is 0.267 e. The molecule has 0 bridgehead atoms. The molecule has 1 heterocycles. The molecule has 0 aliphatic carbocycles. The summed E-state index contributed by atoms with van der Waals surface area (Å²) in [6.07, 6.45) is 3.19. The van der Waals surface area contributed by atoms with Gasteiger partial charge in [0.05, 0.1) is 14.2 Å². The largest absolute Gasteiger partial charge is 0.497 e. The summed E-state index contributed by atoms with van der Waals surface area (Å²) >= 11 is 1.49. The number of methoxy groups -OCH3 is 2. The van der Waals surface area contributed by atoms with Gasteiger partial charge in [0.25, 0.3) is 11.8 Å². The van der Waals surface area contributed by atoms with E-state index in [9.17, 15) is 9.59 Å². The molecule has 1 aromatic heterocycles. The zero-order valence-electron chi connectivity index (χ0n) is 18.1. The zero-order valence-corrected chi connectivity index (χ0v) is 18.9. The first-order valence-corrected chi connectivity index (χ1v) is 11.1. The van der Waals surface area contributed by atoms with Crippen molar-refractivity contribution in [1.29, 1.82) is 0 Å². The van der Waals surface area contributed by atoms with E-state index in [1.165, 1.54) is 11.3 Å². The maximum absolute atomic E-state index is 12.8. The molecule has 7 heteroatoms. The Morgan fingerprint density at radius 2 is 1.75 bits per heavy atom. The normalized spacial score (nSPS) is 11.0. The number of aryl methyl sites for hydroxylation is 1. The van der Waals surface area contributed by atoms with Gasteiger partial charge in [-0.05, 0) is 66.3 Å². The van der Waals surface area contributed by atoms with Gasteiger partial charge >= 0.3 is 0 Å². The van der Waals surface area contributed by atoms with Crippen molar-refractivity contribution in [3.05, 3.63) is 87.7 Å². The average Bonchev–Trinajstić information content (AvgIpc) is 3.34. The third-order valence-corrected chi connectivity index (χ3v) is 5.60. The Morgan fingerprint density at radius 3 is 2.44 bits per heavy atom. The van der Waals surface area contributed by atoms with Crippen molar-refractivity contribution < 1.29 is 19.1 Å². The first kappa shape index (κ1) is 23.1. The number of benzene rings is 2. The number of para-hydroxylation sites is 1. The summed E-state index contributed by atoms with van der Waals surface area (Å²) in [6, 6.07) is 18.3. The number of hydrogen-bond donors (Lipinski definition) is 2. The van der Waals surface area contributed by atoms with E-state index in [0.29, 0.717) is 17.9 Å². The number of rotatable bonds is 10. The zero-order chi connectivity index (χ0) is 22.8. The minimum Gasteiger partial charge on any atom is -0.497 e. The monoisotopic (exact) mass is 450 g/mol. The van der Waals surface area contributed by atoms with Gasteiger partial charge in [0.1, 0.15) is 17.2 Å². The van der Waals surface area contributed by atoms with Gasteiger partial charge in [-0.25, -0.2) is 0 Å². The topological polar surface area (TPSA) is 76.7 Å². The van der Waals surface area contributed by atoms with Gasteiger partial charge in [-0.3, -0.25) is 9.59 Å². The molecule has 3 aromatic rings. The molecule has 0 unspecified atom stereocenters. The molecule has 32 heavy (non-hydrogen) atoms. The lowest BCUT2D eigenvalue weighted by molar-refractivity contribution is -0.117. The lowest BCUT2D eigenvalue weighted by Gasteiger charge is -2.12. The van der Waals surface area contributed by atoms with Crippen LogP contribution >= 0.6 is 11.3 Å². The van der Waals surface area contributed by atoms with Crippen LogP contribution in [-0.2, 0) is 11.2 Å². The maximum atomic E-state index is 12.8. The summed E-state index contributed by atoms with van der Waals surface area (Å²) in [7, 11) is 3.21. The van der Waals surface area contributed by atoms with Crippen LogP contribution in [0.3, 0.4) is 0 Å². The Kier molecular flexibility index (Phi) is 8.45. The molecule has 0 spiro atoms. The van der Waals surface area contributed by atoms with Crippen LogP contribution in [0.2, 0.25) is 0 Å². The fourth-order valence-corrected chi connectivity index (χ4v) is 3.75. The van der Waals surface area contributed by atoms with Gasteiger partial charge < -0.3 is 20.1 Å². The maximum Gasteiger partial charge on any atom is 0.267 e. The van der Waals surface area contributed by atoms with Crippen molar-refractivity contribution in [2.45, 2.75) is 12.8 Å². The van der Waals surface area contributed by atoms with Gasteiger partial charge in [-0.1, -0.05) is 24.3 Å². The molecule has 2 aromatic carbocycles. The van der Waals surface area contributed by atoms with Crippen molar-refractivity contribution in [1.82, 2.24) is 10.6 Å². The summed E-state index contributed by atoms with van der Waals surface area (Å²) in [5.41, 5.74) is 1.73. The van der Waals surface area contributed by atoms with E-state index in [0.717, 1.165) is 29.0 Å². The van der Waals surface area contributed by atoms with E-state index in [1.807, 2.05) is 41.8 Å². The molecule has 6 nitrogen and oxygen atoms in total.